The number of allylic oxidation sites excluding steroid dienone is 1. The Labute approximate surface area is 178 Å². The van der Waals surface area contributed by atoms with Crippen LogP contribution in [0, 0.1) is 21.4 Å². The van der Waals surface area contributed by atoms with E-state index in [4.69, 9.17) is 21.1 Å². The summed E-state index contributed by atoms with van der Waals surface area (Å²) in [6.45, 7) is 0.163. The van der Waals surface area contributed by atoms with E-state index in [1.807, 2.05) is 30.3 Å². The first-order valence-corrected chi connectivity index (χ1v) is 9.30. The van der Waals surface area contributed by atoms with E-state index in [-0.39, 0.29) is 12.3 Å². The third kappa shape index (κ3) is 4.96. The number of non-ortho nitro benzene ring substituents is 1. The van der Waals surface area contributed by atoms with Crippen molar-refractivity contribution in [2.45, 2.75) is 6.61 Å². The average Bonchev–Trinajstić information content (AvgIpc) is 2.77. The monoisotopic (exact) mass is 420 g/mol. The van der Waals surface area contributed by atoms with Crippen LogP contribution in [-0.4, -0.2) is 12.0 Å². The first kappa shape index (κ1) is 20.9. The molecule has 0 saturated carbocycles. The molecule has 6 nitrogen and oxygen atoms in total. The Bertz CT molecular complexity index is 1120. The van der Waals surface area contributed by atoms with Gasteiger partial charge in [0.1, 0.15) is 6.61 Å². The van der Waals surface area contributed by atoms with Crippen molar-refractivity contribution in [2.24, 2.45) is 0 Å². The van der Waals surface area contributed by atoms with Crippen LogP contribution in [-0.2, 0) is 6.61 Å². The number of rotatable bonds is 7. The maximum absolute atomic E-state index is 10.8. The number of nitriles is 1. The molecular weight excluding hydrogens is 404 g/mol. The van der Waals surface area contributed by atoms with Gasteiger partial charge in [0.25, 0.3) is 5.69 Å². The number of hydrogen-bond acceptors (Lipinski definition) is 5. The molecule has 0 heterocycles. The van der Waals surface area contributed by atoms with Gasteiger partial charge in [-0.15, -0.1) is 0 Å². The van der Waals surface area contributed by atoms with Gasteiger partial charge in [0.2, 0.25) is 0 Å². The van der Waals surface area contributed by atoms with E-state index in [0.717, 1.165) is 11.1 Å². The fourth-order valence-electron chi connectivity index (χ4n) is 2.80. The molecule has 150 valence electrons. The highest BCUT2D eigenvalue weighted by Gasteiger charge is 2.13. The average molecular weight is 421 g/mol. The van der Waals surface area contributed by atoms with Gasteiger partial charge in [-0.25, -0.2) is 0 Å². The van der Waals surface area contributed by atoms with E-state index in [9.17, 15) is 15.4 Å². The van der Waals surface area contributed by atoms with Crippen LogP contribution in [0.4, 0.5) is 5.69 Å². The molecule has 0 unspecified atom stereocenters. The normalized spacial score (nSPS) is 10.9. The number of methoxy groups -OCH3 is 1. The number of nitro benzene ring substituents is 1. The van der Waals surface area contributed by atoms with Gasteiger partial charge in [0, 0.05) is 12.1 Å². The summed E-state index contributed by atoms with van der Waals surface area (Å²) in [6.07, 6.45) is 1.73. The number of hydrogen-bond donors (Lipinski definition) is 0. The van der Waals surface area contributed by atoms with Crippen molar-refractivity contribution >= 4 is 28.9 Å². The van der Waals surface area contributed by atoms with Crippen LogP contribution < -0.4 is 9.47 Å². The van der Waals surface area contributed by atoms with Gasteiger partial charge in [-0.1, -0.05) is 41.9 Å². The molecule has 0 atom stereocenters. The first-order valence-electron chi connectivity index (χ1n) is 8.92. The lowest BCUT2D eigenvalue weighted by atomic mass is 10.0. The van der Waals surface area contributed by atoms with E-state index in [0.29, 0.717) is 27.7 Å². The minimum Gasteiger partial charge on any atom is -0.493 e. The molecule has 0 fully saturated rings. The standard InChI is InChI=1S/C23H17ClN2O4/c1-29-22-13-17(11-19(14-25)18-5-3-2-4-6-18)12-21(24)23(22)30-15-16-7-9-20(10-8-16)26(27)28/h2-13H,15H2,1H3. The lowest BCUT2D eigenvalue weighted by molar-refractivity contribution is -0.384. The molecule has 0 saturated heterocycles. The van der Waals surface area contributed by atoms with E-state index >= 15 is 0 Å². The number of ether oxygens (including phenoxy) is 2. The molecule has 3 rings (SSSR count). The van der Waals surface area contributed by atoms with Gasteiger partial charge >= 0.3 is 0 Å². The smallest absolute Gasteiger partial charge is 0.269 e. The van der Waals surface area contributed by atoms with Crippen LogP contribution in [0.15, 0.2) is 66.7 Å². The molecule has 0 amide bonds. The zero-order valence-corrected chi connectivity index (χ0v) is 16.8. The highest BCUT2D eigenvalue weighted by Crippen LogP contribution is 2.38. The summed E-state index contributed by atoms with van der Waals surface area (Å²) in [7, 11) is 1.50. The fraction of sp³-hybridized carbons (Fsp3) is 0.0870. The Balaban J connectivity index is 1.84. The van der Waals surface area contributed by atoms with Crippen LogP contribution in [0.5, 0.6) is 11.5 Å². The Morgan fingerprint density at radius 3 is 2.47 bits per heavy atom. The molecule has 0 aliphatic carbocycles. The van der Waals surface area contributed by atoms with Crippen LogP contribution in [0.2, 0.25) is 5.02 Å². The molecule has 7 heteroatoms. The fourth-order valence-corrected chi connectivity index (χ4v) is 3.07. The number of nitro groups is 1. The zero-order chi connectivity index (χ0) is 21.5. The van der Waals surface area contributed by atoms with Crippen LogP contribution in [0.25, 0.3) is 11.6 Å². The second kappa shape index (κ2) is 9.59. The van der Waals surface area contributed by atoms with Crippen molar-refractivity contribution < 1.29 is 14.4 Å². The van der Waals surface area contributed by atoms with Crippen molar-refractivity contribution in [1.82, 2.24) is 0 Å². The maximum Gasteiger partial charge on any atom is 0.269 e. The molecular formula is C23H17ClN2O4. The number of halogens is 1. The highest BCUT2D eigenvalue weighted by atomic mass is 35.5. The van der Waals surface area contributed by atoms with Crippen LogP contribution in [0.1, 0.15) is 16.7 Å². The van der Waals surface area contributed by atoms with E-state index < -0.39 is 4.92 Å². The molecule has 0 aliphatic rings. The Morgan fingerprint density at radius 2 is 1.87 bits per heavy atom. The minimum absolute atomic E-state index is 0.0113. The van der Waals surface area contributed by atoms with Crippen molar-refractivity contribution in [3.63, 3.8) is 0 Å². The van der Waals surface area contributed by atoms with Gasteiger partial charge in [0.05, 0.1) is 28.7 Å². The van der Waals surface area contributed by atoms with Crippen LogP contribution >= 0.6 is 11.6 Å². The predicted molar refractivity (Wildman–Crippen MR) is 115 cm³/mol. The summed E-state index contributed by atoms with van der Waals surface area (Å²) < 4.78 is 11.2. The zero-order valence-electron chi connectivity index (χ0n) is 16.0. The summed E-state index contributed by atoms with van der Waals surface area (Å²) in [5.74, 6) is 0.772. The SMILES string of the molecule is COc1cc(C=C(C#N)c2ccccc2)cc(Cl)c1OCc1ccc([N+](=O)[O-])cc1. The molecule has 30 heavy (non-hydrogen) atoms. The minimum atomic E-state index is -0.457. The molecule has 3 aromatic carbocycles. The second-order valence-electron chi connectivity index (χ2n) is 6.28. The topological polar surface area (TPSA) is 85.4 Å². The largest absolute Gasteiger partial charge is 0.493 e. The van der Waals surface area contributed by atoms with Gasteiger partial charge < -0.3 is 9.47 Å². The molecule has 0 N–H and O–H groups in total. The van der Waals surface area contributed by atoms with E-state index in [2.05, 4.69) is 6.07 Å². The molecule has 0 spiro atoms. The predicted octanol–water partition coefficient (Wildman–Crippen LogP) is 5.90. The second-order valence-corrected chi connectivity index (χ2v) is 6.69. The lowest BCUT2D eigenvalue weighted by Gasteiger charge is -2.13. The van der Waals surface area contributed by atoms with Gasteiger partial charge in [-0.2, -0.15) is 5.26 Å². The number of nitrogens with zero attached hydrogens (tertiary/aromatic N) is 2. The summed E-state index contributed by atoms with van der Waals surface area (Å²) in [6, 6.07) is 21.0. The molecule has 0 aliphatic heterocycles. The third-order valence-corrected chi connectivity index (χ3v) is 4.58. The molecule has 0 radical (unpaired) electrons. The summed E-state index contributed by atoms with van der Waals surface area (Å²) >= 11 is 6.41. The lowest BCUT2D eigenvalue weighted by Crippen LogP contribution is -1.99. The first-order chi connectivity index (χ1) is 14.5. The summed E-state index contributed by atoms with van der Waals surface area (Å²) in [4.78, 5) is 10.3. The maximum atomic E-state index is 10.8. The van der Waals surface area contributed by atoms with E-state index in [1.165, 1.54) is 19.2 Å². The van der Waals surface area contributed by atoms with Crippen LogP contribution in [0.3, 0.4) is 0 Å². The van der Waals surface area contributed by atoms with Gasteiger partial charge in [-0.05, 0) is 47.0 Å². The van der Waals surface area contributed by atoms with Gasteiger partial charge in [-0.3, -0.25) is 10.1 Å². The molecule has 3 aromatic rings. The van der Waals surface area contributed by atoms with Crippen molar-refractivity contribution in [3.8, 4) is 17.6 Å². The Kier molecular flexibility index (Phi) is 6.68. The Hall–Kier alpha value is -3.82. The van der Waals surface area contributed by atoms with Crippen molar-refractivity contribution in [2.75, 3.05) is 7.11 Å². The molecule has 0 bridgehead atoms. The summed E-state index contributed by atoms with van der Waals surface area (Å²) in [5.41, 5.74) is 2.75. The van der Waals surface area contributed by atoms with E-state index in [1.54, 1.807) is 30.3 Å². The molecule has 0 aromatic heterocycles. The number of benzene rings is 3. The summed E-state index contributed by atoms with van der Waals surface area (Å²) in [5, 5.41) is 20.6. The van der Waals surface area contributed by atoms with Crippen molar-refractivity contribution in [3.05, 3.63) is 98.6 Å². The highest BCUT2D eigenvalue weighted by molar-refractivity contribution is 6.32. The van der Waals surface area contributed by atoms with Gasteiger partial charge in [0.15, 0.2) is 11.5 Å². The third-order valence-electron chi connectivity index (χ3n) is 4.30. The quantitative estimate of drug-likeness (QED) is 0.205. The Morgan fingerprint density at radius 1 is 1.17 bits per heavy atom. The van der Waals surface area contributed by atoms with Crippen molar-refractivity contribution in [1.29, 1.82) is 5.26 Å².